The van der Waals surface area contributed by atoms with Gasteiger partial charge in [0.25, 0.3) is 11.8 Å². The molecule has 1 atom stereocenters. The smallest absolute Gasteiger partial charge is 0.282 e. The van der Waals surface area contributed by atoms with Gasteiger partial charge in [-0.25, -0.2) is 0 Å². The van der Waals surface area contributed by atoms with Crippen LogP contribution in [0, 0.1) is 0 Å². The fourth-order valence-electron chi connectivity index (χ4n) is 4.09. The van der Waals surface area contributed by atoms with Crippen molar-refractivity contribution in [3.05, 3.63) is 29.8 Å². The van der Waals surface area contributed by atoms with Crippen molar-refractivity contribution in [1.82, 2.24) is 4.90 Å². The van der Waals surface area contributed by atoms with Gasteiger partial charge < -0.3 is 20.0 Å². The average molecular weight is 375 g/mol. The molecule has 0 unspecified atom stereocenters. The summed E-state index contributed by atoms with van der Waals surface area (Å²) in [6, 6.07) is 8.00. The number of likely N-dealkylation sites (tertiary alicyclic amines) is 1. The predicted octanol–water partition coefficient (Wildman–Crippen LogP) is -1.02. The number of carbonyl (C=O) groups is 2. The molecular weight excluding hydrogens is 340 g/mol. The van der Waals surface area contributed by atoms with Crippen molar-refractivity contribution in [2.75, 3.05) is 51.1 Å². The zero-order valence-corrected chi connectivity index (χ0v) is 16.7. The van der Waals surface area contributed by atoms with Crippen LogP contribution in [-0.4, -0.2) is 68.6 Å². The standard InChI is InChI=1S/C21H32N4O2/c1-3-18-6-8-19(9-7-18)22-21(27)17(2)24-14-12-23(13-15-24)16-20(26)25-10-4-5-11-25/h6-9,17H,3-5,10-16H2,1-2H3,(H,22,27)/p+2/t17-/m0/s1. The van der Waals surface area contributed by atoms with E-state index in [-0.39, 0.29) is 11.9 Å². The van der Waals surface area contributed by atoms with Gasteiger partial charge in [-0.1, -0.05) is 19.1 Å². The number of nitrogens with one attached hydrogen (secondary N) is 3. The van der Waals surface area contributed by atoms with E-state index in [9.17, 15) is 9.59 Å². The summed E-state index contributed by atoms with van der Waals surface area (Å²) in [5.41, 5.74) is 2.14. The summed E-state index contributed by atoms with van der Waals surface area (Å²) in [6.07, 6.45) is 3.29. The first-order valence-corrected chi connectivity index (χ1v) is 10.4. The minimum Gasteiger partial charge on any atom is -0.338 e. The van der Waals surface area contributed by atoms with Crippen LogP contribution in [0.5, 0.6) is 0 Å². The van der Waals surface area contributed by atoms with Crippen LogP contribution in [-0.2, 0) is 16.0 Å². The Kier molecular flexibility index (Phi) is 6.85. The van der Waals surface area contributed by atoms with Crippen LogP contribution in [0.4, 0.5) is 5.69 Å². The van der Waals surface area contributed by atoms with E-state index < -0.39 is 0 Å². The average Bonchev–Trinajstić information content (AvgIpc) is 3.23. The summed E-state index contributed by atoms with van der Waals surface area (Å²) in [4.78, 5) is 29.6. The topological polar surface area (TPSA) is 58.3 Å². The van der Waals surface area contributed by atoms with E-state index in [0.717, 1.165) is 64.2 Å². The molecule has 1 aromatic rings. The first kappa shape index (κ1) is 19.8. The third-order valence-electron chi connectivity index (χ3n) is 6.09. The maximum absolute atomic E-state index is 12.6. The highest BCUT2D eigenvalue weighted by Gasteiger charge is 2.32. The molecule has 148 valence electrons. The Labute approximate surface area is 162 Å². The zero-order chi connectivity index (χ0) is 19.2. The van der Waals surface area contributed by atoms with Crippen LogP contribution < -0.4 is 15.1 Å². The second-order valence-electron chi connectivity index (χ2n) is 7.93. The SMILES string of the molecule is CCc1ccc(NC(=O)[C@H](C)[NH+]2CC[NH+](CC(=O)N3CCCC3)CC2)cc1. The number of aryl methyl sites for hydroxylation is 1. The van der Waals surface area contributed by atoms with Crippen LogP contribution in [0.25, 0.3) is 0 Å². The Bertz CT molecular complexity index is 632. The van der Waals surface area contributed by atoms with E-state index in [0.29, 0.717) is 12.5 Å². The number of amides is 2. The van der Waals surface area contributed by atoms with E-state index >= 15 is 0 Å². The molecular formula is C21H34N4O2+2. The number of piperazine rings is 1. The molecule has 2 aliphatic rings. The molecule has 27 heavy (non-hydrogen) atoms. The number of rotatable bonds is 6. The highest BCUT2D eigenvalue weighted by Crippen LogP contribution is 2.10. The number of carbonyl (C=O) groups excluding carboxylic acids is 2. The van der Waals surface area contributed by atoms with Crippen molar-refractivity contribution in [3.8, 4) is 0 Å². The molecule has 2 fully saturated rings. The molecule has 6 heteroatoms. The molecule has 2 saturated heterocycles. The van der Waals surface area contributed by atoms with Crippen molar-refractivity contribution < 1.29 is 19.4 Å². The van der Waals surface area contributed by atoms with E-state index in [1.807, 2.05) is 24.0 Å². The molecule has 3 rings (SSSR count). The minimum absolute atomic E-state index is 0.0749. The normalized spacial score (nSPS) is 23.9. The van der Waals surface area contributed by atoms with Gasteiger partial charge in [0.2, 0.25) is 0 Å². The van der Waals surface area contributed by atoms with Gasteiger partial charge in [-0.15, -0.1) is 0 Å². The Morgan fingerprint density at radius 3 is 2.30 bits per heavy atom. The molecule has 0 radical (unpaired) electrons. The van der Waals surface area contributed by atoms with Gasteiger partial charge in [-0.3, -0.25) is 9.59 Å². The Hall–Kier alpha value is -1.92. The van der Waals surface area contributed by atoms with E-state index in [1.165, 1.54) is 15.4 Å². The van der Waals surface area contributed by atoms with Crippen LogP contribution >= 0.6 is 0 Å². The molecule has 1 aromatic carbocycles. The molecule has 3 N–H and O–H groups in total. The Balaban J connectivity index is 1.43. The van der Waals surface area contributed by atoms with Crippen LogP contribution in [0.1, 0.15) is 32.3 Å². The Morgan fingerprint density at radius 2 is 1.70 bits per heavy atom. The van der Waals surface area contributed by atoms with Crippen molar-refractivity contribution in [2.24, 2.45) is 0 Å². The van der Waals surface area contributed by atoms with Gasteiger partial charge in [0, 0.05) is 18.8 Å². The van der Waals surface area contributed by atoms with Gasteiger partial charge >= 0.3 is 0 Å². The molecule has 2 aliphatic heterocycles. The molecule has 2 heterocycles. The number of quaternary nitrogens is 2. The molecule has 0 spiro atoms. The number of anilines is 1. The zero-order valence-electron chi connectivity index (χ0n) is 16.7. The van der Waals surface area contributed by atoms with Gasteiger partial charge in [-0.2, -0.15) is 0 Å². The van der Waals surface area contributed by atoms with E-state index in [1.54, 1.807) is 0 Å². The molecule has 0 aliphatic carbocycles. The van der Waals surface area contributed by atoms with Gasteiger partial charge in [0.05, 0.1) is 0 Å². The highest BCUT2D eigenvalue weighted by molar-refractivity contribution is 5.93. The lowest BCUT2D eigenvalue weighted by Gasteiger charge is -2.32. The Morgan fingerprint density at radius 1 is 1.07 bits per heavy atom. The molecule has 0 aromatic heterocycles. The summed E-state index contributed by atoms with van der Waals surface area (Å²) in [5, 5.41) is 3.04. The van der Waals surface area contributed by atoms with Crippen LogP contribution in [0.3, 0.4) is 0 Å². The fraction of sp³-hybridized carbons (Fsp3) is 0.619. The summed E-state index contributed by atoms with van der Waals surface area (Å²) < 4.78 is 0. The van der Waals surface area contributed by atoms with E-state index in [2.05, 4.69) is 24.4 Å². The number of benzene rings is 1. The number of hydrogen-bond acceptors (Lipinski definition) is 2. The van der Waals surface area contributed by atoms with Gasteiger partial charge in [0.15, 0.2) is 12.6 Å². The monoisotopic (exact) mass is 374 g/mol. The minimum atomic E-state index is -0.0771. The highest BCUT2D eigenvalue weighted by atomic mass is 16.2. The molecule has 0 saturated carbocycles. The quantitative estimate of drug-likeness (QED) is 0.597. The predicted molar refractivity (Wildman–Crippen MR) is 106 cm³/mol. The summed E-state index contributed by atoms with van der Waals surface area (Å²) in [7, 11) is 0. The summed E-state index contributed by atoms with van der Waals surface area (Å²) >= 11 is 0. The summed E-state index contributed by atoms with van der Waals surface area (Å²) in [5.74, 6) is 0.373. The maximum atomic E-state index is 12.6. The van der Waals surface area contributed by atoms with Crippen LogP contribution in [0.2, 0.25) is 0 Å². The lowest BCUT2D eigenvalue weighted by atomic mass is 10.1. The molecule has 6 nitrogen and oxygen atoms in total. The van der Waals surface area contributed by atoms with Crippen molar-refractivity contribution >= 4 is 17.5 Å². The second-order valence-corrected chi connectivity index (χ2v) is 7.93. The third-order valence-corrected chi connectivity index (χ3v) is 6.09. The number of hydrogen-bond donors (Lipinski definition) is 3. The maximum Gasteiger partial charge on any atom is 0.282 e. The fourth-order valence-corrected chi connectivity index (χ4v) is 4.09. The van der Waals surface area contributed by atoms with Crippen LogP contribution in [0.15, 0.2) is 24.3 Å². The van der Waals surface area contributed by atoms with Gasteiger partial charge in [0.1, 0.15) is 26.2 Å². The lowest BCUT2D eigenvalue weighted by molar-refractivity contribution is -1.01. The van der Waals surface area contributed by atoms with Crippen molar-refractivity contribution in [2.45, 2.75) is 39.2 Å². The largest absolute Gasteiger partial charge is 0.338 e. The third kappa shape index (κ3) is 5.30. The first-order valence-electron chi connectivity index (χ1n) is 10.4. The van der Waals surface area contributed by atoms with E-state index in [4.69, 9.17) is 0 Å². The molecule has 2 amide bonds. The van der Waals surface area contributed by atoms with Gasteiger partial charge in [-0.05, 0) is 43.9 Å². The number of nitrogens with zero attached hydrogens (tertiary/aromatic N) is 1. The summed E-state index contributed by atoms with van der Waals surface area (Å²) in [6.45, 7) is 10.4. The molecule has 0 bridgehead atoms. The lowest BCUT2D eigenvalue weighted by Crippen LogP contribution is -3.30. The first-order chi connectivity index (χ1) is 13.1. The van der Waals surface area contributed by atoms with Crippen molar-refractivity contribution in [3.63, 3.8) is 0 Å². The van der Waals surface area contributed by atoms with Crippen molar-refractivity contribution in [1.29, 1.82) is 0 Å². The second kappa shape index (κ2) is 9.33.